The lowest BCUT2D eigenvalue weighted by Crippen LogP contribution is -2.41. The number of thioether (sulfide) groups is 1. The lowest BCUT2D eigenvalue weighted by Gasteiger charge is -2.20. The van der Waals surface area contributed by atoms with E-state index in [1.54, 1.807) is 0 Å². The number of carbonyl (C=O) groups excluding carboxylic acids is 2. The van der Waals surface area contributed by atoms with E-state index in [1.807, 2.05) is 49.9 Å². The third-order valence-corrected chi connectivity index (χ3v) is 9.36. The highest BCUT2D eigenvalue weighted by Gasteiger charge is 2.36. The molecule has 4 unspecified atom stereocenters. The number of rotatable bonds is 9. The molecule has 3 aliphatic rings. The minimum absolute atomic E-state index is 0.0318. The van der Waals surface area contributed by atoms with E-state index in [2.05, 4.69) is 70.3 Å². The number of amides is 2. The number of fused-ring (bicyclic) bond motifs is 1. The average Bonchev–Trinajstić information content (AvgIpc) is 3.63. The van der Waals surface area contributed by atoms with Crippen LogP contribution in [0.1, 0.15) is 55.8 Å². The van der Waals surface area contributed by atoms with Crippen LogP contribution in [-0.4, -0.2) is 54.7 Å². The molecule has 0 aromatic heterocycles. The lowest BCUT2D eigenvalue weighted by atomic mass is 9.94. The Labute approximate surface area is 235 Å². The van der Waals surface area contributed by atoms with Gasteiger partial charge in [0.15, 0.2) is 0 Å². The zero-order chi connectivity index (χ0) is 27.5. The van der Waals surface area contributed by atoms with Gasteiger partial charge in [0.2, 0.25) is 5.91 Å². The summed E-state index contributed by atoms with van der Waals surface area (Å²) in [4.78, 5) is 28.6. The number of likely N-dealkylation sites (N-methyl/N-ethyl adjacent to an activating group) is 1. The molecule has 1 fully saturated rings. The summed E-state index contributed by atoms with van der Waals surface area (Å²) in [6.07, 6.45) is 1.92. The second-order valence-electron chi connectivity index (χ2n) is 10.5. The van der Waals surface area contributed by atoms with Crippen LogP contribution >= 0.6 is 11.8 Å². The summed E-state index contributed by atoms with van der Waals surface area (Å²) in [5.41, 5.74) is 6.62. The van der Waals surface area contributed by atoms with Gasteiger partial charge in [-0.2, -0.15) is 0 Å². The molecule has 8 heteroatoms. The van der Waals surface area contributed by atoms with E-state index >= 15 is 0 Å². The fourth-order valence-corrected chi connectivity index (χ4v) is 7.11. The Morgan fingerprint density at radius 2 is 1.90 bits per heavy atom. The van der Waals surface area contributed by atoms with Crippen molar-refractivity contribution in [3.63, 3.8) is 0 Å². The number of anilines is 1. The van der Waals surface area contributed by atoms with Crippen LogP contribution in [0, 0.1) is 5.92 Å². The first kappa shape index (κ1) is 27.5. The highest BCUT2D eigenvalue weighted by atomic mass is 32.2. The van der Waals surface area contributed by atoms with E-state index in [0.717, 1.165) is 53.5 Å². The third-order valence-electron chi connectivity index (χ3n) is 8.10. The standard InChI is InChI=1S/C31H39N5O2S/c1-5-36(6-2)16-15-32-30(38)27-19(3)25(33-20(27)4)17-24-22-13-10-14-23(28(22)35-29(24)37)26-18-39-31(34-26)21-11-8-7-9-12-21/h7-14,17,20,26-27,31,33-34H,5-6,15-16,18H2,1-4H3,(H,32,38)(H,35,37)/b24-17-. The van der Waals surface area contributed by atoms with Crippen molar-refractivity contribution >= 4 is 34.8 Å². The van der Waals surface area contributed by atoms with E-state index in [0.29, 0.717) is 12.1 Å². The van der Waals surface area contributed by atoms with Crippen LogP contribution in [0.25, 0.3) is 5.57 Å². The molecule has 4 N–H and O–H groups in total. The van der Waals surface area contributed by atoms with Gasteiger partial charge in [-0.3, -0.25) is 14.9 Å². The first-order valence-corrected chi connectivity index (χ1v) is 15.0. The summed E-state index contributed by atoms with van der Waals surface area (Å²) in [7, 11) is 0. The SMILES string of the molecule is CCN(CC)CCNC(=O)C1C(C)=C(/C=C2\C(=O)Nc3c2cccc3C2CSC(c3ccccc3)N2)NC1C. The highest BCUT2D eigenvalue weighted by Crippen LogP contribution is 2.44. The van der Waals surface area contributed by atoms with Gasteiger partial charge in [0.25, 0.3) is 5.91 Å². The molecule has 39 heavy (non-hydrogen) atoms. The summed E-state index contributed by atoms with van der Waals surface area (Å²) in [6, 6.07) is 16.7. The largest absolute Gasteiger partial charge is 0.381 e. The molecule has 1 saturated heterocycles. The van der Waals surface area contributed by atoms with Crippen LogP contribution in [0.3, 0.4) is 0 Å². The summed E-state index contributed by atoms with van der Waals surface area (Å²) in [5, 5.41) is 13.7. The van der Waals surface area contributed by atoms with Gasteiger partial charge in [0.1, 0.15) is 0 Å². The Kier molecular flexibility index (Phi) is 8.45. The molecule has 5 rings (SSSR count). The maximum atomic E-state index is 13.2. The Hall–Kier alpha value is -3.07. The Morgan fingerprint density at radius 3 is 2.64 bits per heavy atom. The maximum Gasteiger partial charge on any atom is 0.256 e. The molecule has 2 aromatic carbocycles. The van der Waals surface area contributed by atoms with Crippen LogP contribution in [0.15, 0.2) is 65.9 Å². The molecule has 0 bridgehead atoms. The number of carbonyl (C=O) groups is 2. The maximum absolute atomic E-state index is 13.2. The highest BCUT2D eigenvalue weighted by molar-refractivity contribution is 7.99. The number of nitrogens with one attached hydrogen (secondary N) is 4. The minimum atomic E-state index is -0.265. The molecule has 0 spiro atoms. The third kappa shape index (κ3) is 5.64. The van der Waals surface area contributed by atoms with Crippen molar-refractivity contribution in [3.8, 4) is 0 Å². The molecule has 2 aromatic rings. The van der Waals surface area contributed by atoms with Crippen molar-refractivity contribution in [2.45, 2.75) is 45.2 Å². The monoisotopic (exact) mass is 545 g/mol. The number of nitrogens with zero attached hydrogens (tertiary/aromatic N) is 1. The Balaban J connectivity index is 1.33. The molecule has 4 atom stereocenters. The van der Waals surface area contributed by atoms with E-state index in [9.17, 15) is 9.59 Å². The number of hydrogen-bond donors (Lipinski definition) is 4. The summed E-state index contributed by atoms with van der Waals surface area (Å²) in [5.74, 6) is 0.590. The molecular weight excluding hydrogens is 506 g/mol. The zero-order valence-corrected chi connectivity index (χ0v) is 24.0. The van der Waals surface area contributed by atoms with Crippen LogP contribution in [0.2, 0.25) is 0 Å². The van der Waals surface area contributed by atoms with Crippen molar-refractivity contribution in [1.29, 1.82) is 0 Å². The van der Waals surface area contributed by atoms with Gasteiger partial charge in [-0.15, -0.1) is 11.8 Å². The van der Waals surface area contributed by atoms with Crippen molar-refractivity contribution in [1.82, 2.24) is 20.9 Å². The fourth-order valence-electron chi connectivity index (χ4n) is 5.84. The Morgan fingerprint density at radius 1 is 1.13 bits per heavy atom. The van der Waals surface area contributed by atoms with Crippen molar-refractivity contribution in [2.24, 2.45) is 5.92 Å². The van der Waals surface area contributed by atoms with E-state index in [1.165, 1.54) is 5.56 Å². The summed E-state index contributed by atoms with van der Waals surface area (Å²) >= 11 is 1.89. The van der Waals surface area contributed by atoms with Crippen molar-refractivity contribution in [3.05, 3.63) is 82.6 Å². The smallest absolute Gasteiger partial charge is 0.256 e. The van der Waals surface area contributed by atoms with Gasteiger partial charge < -0.3 is 20.9 Å². The molecule has 0 radical (unpaired) electrons. The summed E-state index contributed by atoms with van der Waals surface area (Å²) in [6.45, 7) is 11.7. The van der Waals surface area contributed by atoms with Crippen molar-refractivity contribution in [2.75, 3.05) is 37.2 Å². The summed E-state index contributed by atoms with van der Waals surface area (Å²) < 4.78 is 0. The molecule has 0 aliphatic carbocycles. The number of allylic oxidation sites excluding steroid dienone is 1. The number of benzene rings is 2. The van der Waals surface area contributed by atoms with Crippen LogP contribution in [-0.2, 0) is 9.59 Å². The molecule has 7 nitrogen and oxygen atoms in total. The Bertz CT molecular complexity index is 1290. The van der Waals surface area contributed by atoms with E-state index < -0.39 is 0 Å². The second-order valence-corrected chi connectivity index (χ2v) is 11.6. The van der Waals surface area contributed by atoms with Crippen molar-refractivity contribution < 1.29 is 9.59 Å². The van der Waals surface area contributed by atoms with Gasteiger partial charge in [0.05, 0.1) is 22.6 Å². The first-order valence-electron chi connectivity index (χ1n) is 14.0. The zero-order valence-electron chi connectivity index (χ0n) is 23.2. The minimum Gasteiger partial charge on any atom is -0.381 e. The van der Waals surface area contributed by atoms with Gasteiger partial charge in [-0.05, 0) is 49.7 Å². The van der Waals surface area contributed by atoms with Crippen LogP contribution in [0.4, 0.5) is 5.69 Å². The average molecular weight is 546 g/mol. The molecule has 3 aliphatic heterocycles. The van der Waals surface area contributed by atoms with E-state index in [4.69, 9.17) is 0 Å². The predicted octanol–water partition coefficient (Wildman–Crippen LogP) is 4.44. The molecule has 3 heterocycles. The number of hydrogen-bond acceptors (Lipinski definition) is 6. The molecule has 0 saturated carbocycles. The van der Waals surface area contributed by atoms with Gasteiger partial charge >= 0.3 is 0 Å². The van der Waals surface area contributed by atoms with Gasteiger partial charge in [-0.1, -0.05) is 62.4 Å². The second kappa shape index (κ2) is 12.0. The van der Waals surface area contributed by atoms with E-state index in [-0.39, 0.29) is 35.2 Å². The quantitative estimate of drug-likeness (QED) is 0.349. The molecule has 2 amide bonds. The van der Waals surface area contributed by atoms with Crippen LogP contribution in [0.5, 0.6) is 0 Å². The molecular formula is C31H39N5O2S. The normalized spacial score (nSPS) is 25.3. The number of para-hydroxylation sites is 1. The van der Waals surface area contributed by atoms with Gasteiger partial charge in [-0.25, -0.2) is 0 Å². The van der Waals surface area contributed by atoms with Gasteiger partial charge in [0, 0.05) is 42.2 Å². The first-order chi connectivity index (χ1) is 18.9. The fraction of sp³-hybridized carbons (Fsp3) is 0.419. The topological polar surface area (TPSA) is 85.5 Å². The lowest BCUT2D eigenvalue weighted by molar-refractivity contribution is -0.124. The van der Waals surface area contributed by atoms with Crippen LogP contribution < -0.4 is 21.3 Å². The predicted molar refractivity (Wildman–Crippen MR) is 160 cm³/mol. The molecule has 206 valence electrons.